The van der Waals surface area contributed by atoms with Crippen LogP contribution in [0.4, 0.5) is 0 Å². The number of phosphoric acid groups is 1. The van der Waals surface area contributed by atoms with Crippen molar-refractivity contribution in [1.29, 1.82) is 0 Å². The highest BCUT2D eigenvalue weighted by Gasteiger charge is 2.17. The van der Waals surface area contributed by atoms with Gasteiger partial charge in [-0.25, -0.2) is 4.57 Å². The number of benzene rings is 1. The first-order chi connectivity index (χ1) is 14.8. The van der Waals surface area contributed by atoms with Gasteiger partial charge >= 0.3 is 7.82 Å². The molecule has 2 aromatic rings. The summed E-state index contributed by atoms with van der Waals surface area (Å²) in [6, 6.07) is 10.3. The highest BCUT2D eigenvalue weighted by Crippen LogP contribution is 2.41. The van der Waals surface area contributed by atoms with Crippen LogP contribution in [0.2, 0.25) is 0 Å². The number of pyridine rings is 1. The molecule has 0 saturated carbocycles. The summed E-state index contributed by atoms with van der Waals surface area (Å²) in [5.41, 5.74) is 4.26. The molecule has 0 spiro atoms. The molecule has 7 nitrogen and oxygen atoms in total. The van der Waals surface area contributed by atoms with Gasteiger partial charge < -0.3 is 10.2 Å². The van der Waals surface area contributed by atoms with Gasteiger partial charge in [-0.15, -0.1) is 0 Å². The Morgan fingerprint density at radius 1 is 1.26 bits per heavy atom. The minimum atomic E-state index is -3.69. The van der Waals surface area contributed by atoms with Crippen LogP contribution in [0.1, 0.15) is 38.9 Å². The van der Waals surface area contributed by atoms with E-state index in [-0.39, 0.29) is 13.9 Å². The van der Waals surface area contributed by atoms with Crippen LogP contribution in [0.15, 0.2) is 30.3 Å². The number of carbonyl (C=O) groups is 1. The summed E-state index contributed by atoms with van der Waals surface area (Å²) < 4.78 is 19.0. The van der Waals surface area contributed by atoms with Crippen molar-refractivity contribution in [3.63, 3.8) is 0 Å². The second-order valence-corrected chi connectivity index (χ2v) is 8.60. The molecule has 1 aliphatic carbocycles. The zero-order valence-electron chi connectivity index (χ0n) is 18.6. The first kappa shape index (κ1) is 25.0. The average molecular weight is 449 g/mol. The van der Waals surface area contributed by atoms with Crippen molar-refractivity contribution >= 4 is 25.9 Å². The van der Waals surface area contributed by atoms with E-state index in [1.54, 1.807) is 7.05 Å². The molecule has 1 aliphatic rings. The molecule has 0 bridgehead atoms. The first-order valence-electron chi connectivity index (χ1n) is 10.3. The van der Waals surface area contributed by atoms with Crippen LogP contribution < -0.4 is 15.9 Å². The molecular weight excluding hydrogens is 415 g/mol. The Balaban J connectivity index is 0.000000440. The van der Waals surface area contributed by atoms with E-state index in [4.69, 9.17) is 9.88 Å². The second-order valence-electron chi connectivity index (χ2n) is 7.04. The number of amides is 1. The summed E-state index contributed by atoms with van der Waals surface area (Å²) >= 11 is 0. The fraction of sp³-hybridized carbons (Fsp3) is 0.391. The minimum absolute atomic E-state index is 0. The maximum absolute atomic E-state index is 11.9. The second kappa shape index (κ2) is 11.9. The summed E-state index contributed by atoms with van der Waals surface area (Å²) in [6.07, 6.45) is 7.56. The van der Waals surface area contributed by atoms with E-state index in [0.717, 1.165) is 47.7 Å². The van der Waals surface area contributed by atoms with E-state index in [0.29, 0.717) is 12.8 Å². The number of aryl methyl sites for hydroxylation is 1. The highest BCUT2D eigenvalue weighted by atomic mass is 31.2. The van der Waals surface area contributed by atoms with Gasteiger partial charge in [-0.2, -0.15) is 0 Å². The van der Waals surface area contributed by atoms with Crippen molar-refractivity contribution in [2.24, 2.45) is 0 Å². The van der Waals surface area contributed by atoms with Gasteiger partial charge in [0, 0.05) is 26.5 Å². The fourth-order valence-electron chi connectivity index (χ4n) is 3.25. The molecule has 3 rings (SSSR count). The Morgan fingerprint density at radius 2 is 1.94 bits per heavy atom. The number of nitrogens with one attached hydrogen (secondary N) is 1. The van der Waals surface area contributed by atoms with Gasteiger partial charge in [-0.1, -0.05) is 49.4 Å². The molecule has 0 radical (unpaired) electrons. The summed E-state index contributed by atoms with van der Waals surface area (Å²) in [6.45, 7) is 4.09. The largest absolute Gasteiger partial charge is 0.471 e. The maximum atomic E-state index is 11.9. The molecule has 0 aliphatic heterocycles. The summed E-state index contributed by atoms with van der Waals surface area (Å²) in [5.74, 6) is 0.0156. The van der Waals surface area contributed by atoms with Crippen molar-refractivity contribution in [2.75, 3.05) is 20.8 Å². The molecule has 0 saturated heterocycles. The topological polar surface area (TPSA) is 97.8 Å². The molecule has 1 aromatic heterocycles. The smallest absolute Gasteiger partial charge is 0.359 e. The standard InChI is InChI=1S/C19H20N2O.C4H11O4P.H2/c1-13-16(12-18(22)20-2)19(14-8-4-3-5-9-14)15-10-6-7-11-17(15)21-13;1-3-4-8-9(5,6)7-2;/h3-5,8-11H,6-7,12H2,1-2H3,(H,20,22);3-4H2,1-2H3,(H,5,6);1H. The van der Waals surface area contributed by atoms with E-state index in [9.17, 15) is 9.36 Å². The first-order valence-corrected chi connectivity index (χ1v) is 11.8. The zero-order valence-corrected chi connectivity index (χ0v) is 19.4. The van der Waals surface area contributed by atoms with Crippen LogP contribution in [0.25, 0.3) is 23.3 Å². The lowest BCUT2D eigenvalue weighted by molar-refractivity contribution is -0.119. The zero-order chi connectivity index (χ0) is 22.9. The molecule has 1 amide bonds. The molecule has 31 heavy (non-hydrogen) atoms. The van der Waals surface area contributed by atoms with Gasteiger partial charge in [0.15, 0.2) is 0 Å². The average Bonchev–Trinajstić information content (AvgIpc) is 2.79. The molecule has 0 fully saturated rings. The number of hydrogen-bond donors (Lipinski definition) is 2. The van der Waals surface area contributed by atoms with Gasteiger partial charge in [0.1, 0.15) is 0 Å². The van der Waals surface area contributed by atoms with E-state index >= 15 is 0 Å². The van der Waals surface area contributed by atoms with Gasteiger partial charge in [0.2, 0.25) is 5.91 Å². The van der Waals surface area contributed by atoms with Gasteiger partial charge in [-0.05, 0) is 42.9 Å². The molecule has 8 heteroatoms. The van der Waals surface area contributed by atoms with Crippen molar-refractivity contribution in [3.8, 4) is 11.1 Å². The Kier molecular flexibility index (Phi) is 9.59. The molecular formula is C23H33N2O5P. The summed E-state index contributed by atoms with van der Waals surface area (Å²) in [7, 11) is -0.882. The Hall–Kier alpha value is -2.31. The van der Waals surface area contributed by atoms with E-state index < -0.39 is 7.82 Å². The van der Waals surface area contributed by atoms with E-state index in [1.165, 1.54) is 5.22 Å². The number of rotatable bonds is 7. The maximum Gasteiger partial charge on any atom is 0.471 e. The lowest BCUT2D eigenvalue weighted by atomic mass is 9.92. The molecule has 1 aromatic carbocycles. The number of nitrogens with zero attached hydrogens (tertiary/aromatic N) is 1. The third kappa shape index (κ3) is 7.11. The fourth-order valence-corrected chi connectivity index (χ4v) is 3.77. The van der Waals surface area contributed by atoms with Crippen molar-refractivity contribution < 1.29 is 24.7 Å². The molecule has 2 N–H and O–H groups in total. The van der Waals surface area contributed by atoms with Gasteiger partial charge in [0.05, 0.1) is 18.4 Å². The van der Waals surface area contributed by atoms with E-state index in [1.807, 2.05) is 32.0 Å². The number of carbonyl (C=O) groups excluding carboxylic acids is 1. The van der Waals surface area contributed by atoms with Crippen LogP contribution in [0.5, 0.6) is 0 Å². The minimum Gasteiger partial charge on any atom is -0.359 e. The SMILES string of the molecule is CCCOP(=O)(O)OC.CNC(=O)Cc1c(C)nc2c(c1-c1ccccc1)=CCCC=2.[HH]. The molecule has 1 atom stereocenters. The molecule has 1 heterocycles. The van der Waals surface area contributed by atoms with Crippen molar-refractivity contribution in [2.45, 2.75) is 39.5 Å². The predicted molar refractivity (Wildman–Crippen MR) is 125 cm³/mol. The van der Waals surface area contributed by atoms with Crippen LogP contribution in [-0.2, 0) is 24.8 Å². The lowest BCUT2D eigenvalue weighted by Crippen LogP contribution is -2.35. The van der Waals surface area contributed by atoms with E-state index in [2.05, 4.69) is 38.6 Å². The van der Waals surface area contributed by atoms with Gasteiger partial charge in [0.25, 0.3) is 0 Å². The predicted octanol–water partition coefficient (Wildman–Crippen LogP) is 3.11. The lowest BCUT2D eigenvalue weighted by Gasteiger charge is -2.15. The summed E-state index contributed by atoms with van der Waals surface area (Å²) in [4.78, 5) is 25.2. The highest BCUT2D eigenvalue weighted by molar-refractivity contribution is 7.47. The molecule has 1 unspecified atom stereocenters. The van der Waals surface area contributed by atoms with Crippen LogP contribution >= 0.6 is 7.82 Å². The number of aromatic nitrogens is 1. The Bertz CT molecular complexity index is 1060. The third-order valence-corrected chi connectivity index (χ3v) is 5.76. The number of fused-ring (bicyclic) bond motifs is 1. The van der Waals surface area contributed by atoms with Crippen molar-refractivity contribution in [3.05, 3.63) is 52.2 Å². The summed E-state index contributed by atoms with van der Waals surface area (Å²) in [5, 5.41) is 4.93. The molecule has 170 valence electrons. The Morgan fingerprint density at radius 3 is 2.55 bits per heavy atom. The van der Waals surface area contributed by atoms with Crippen LogP contribution in [0.3, 0.4) is 0 Å². The monoisotopic (exact) mass is 448 g/mol. The van der Waals surface area contributed by atoms with Crippen LogP contribution in [0, 0.1) is 6.92 Å². The quantitative estimate of drug-likeness (QED) is 0.632. The normalized spacial score (nSPS) is 14.1. The third-order valence-electron chi connectivity index (χ3n) is 4.79. The number of likely N-dealkylation sites (N-methyl/N-ethyl adjacent to an activating group) is 1. The van der Waals surface area contributed by atoms with Crippen LogP contribution in [-0.4, -0.2) is 36.5 Å². The number of hydrogen-bond acceptors (Lipinski definition) is 5. The van der Waals surface area contributed by atoms with Gasteiger partial charge in [-0.3, -0.25) is 18.8 Å². The number of phosphoric ester groups is 1. The van der Waals surface area contributed by atoms with Crippen molar-refractivity contribution in [1.82, 2.24) is 10.3 Å². The Labute approximate surface area is 184 Å².